The molecule has 0 radical (unpaired) electrons. The van der Waals surface area contributed by atoms with Gasteiger partial charge in [0, 0.05) is 40.2 Å². The van der Waals surface area contributed by atoms with E-state index in [1.54, 1.807) is 4.68 Å². The van der Waals surface area contributed by atoms with E-state index in [4.69, 9.17) is 30.5 Å². The van der Waals surface area contributed by atoms with Crippen LogP contribution in [0, 0.1) is 0 Å². The lowest BCUT2D eigenvalue weighted by atomic mass is 10.0. The maximum atomic E-state index is 13.5. The summed E-state index contributed by atoms with van der Waals surface area (Å²) in [7, 11) is -8.94. The molecule has 1 atom stereocenters. The first-order chi connectivity index (χ1) is 30.8. The van der Waals surface area contributed by atoms with Gasteiger partial charge in [0.15, 0.2) is 0 Å². The van der Waals surface area contributed by atoms with E-state index >= 15 is 0 Å². The van der Waals surface area contributed by atoms with E-state index in [0.717, 1.165) is 103 Å². The number of nitrogens with zero attached hydrogens (tertiary/aromatic N) is 4. The van der Waals surface area contributed by atoms with Crippen LogP contribution in [0.2, 0.25) is 5.02 Å². The van der Waals surface area contributed by atoms with Crippen LogP contribution in [0.5, 0.6) is 5.75 Å². The fourth-order valence-corrected chi connectivity index (χ4v) is 10.4. The number of hydrogen-bond donors (Lipinski definition) is 2. The lowest BCUT2D eigenvalue weighted by Gasteiger charge is -2.25. The number of fused-ring (bicyclic) bond motifs is 2. The van der Waals surface area contributed by atoms with Crippen LogP contribution in [0.4, 0.5) is 0 Å². The van der Waals surface area contributed by atoms with Crippen molar-refractivity contribution in [3.63, 3.8) is 0 Å². The van der Waals surface area contributed by atoms with Crippen molar-refractivity contribution < 1.29 is 30.7 Å². The van der Waals surface area contributed by atoms with Crippen molar-refractivity contribution in [2.24, 2.45) is 0 Å². The van der Waals surface area contributed by atoms with Gasteiger partial charge in [-0.25, -0.2) is 4.68 Å². The number of aromatic nitrogens is 2. The quantitative estimate of drug-likeness (QED) is 0.0704. The van der Waals surface area contributed by atoms with Crippen LogP contribution in [0.3, 0.4) is 0 Å². The van der Waals surface area contributed by atoms with E-state index in [9.17, 15) is 21.6 Å². The number of benzene rings is 5. The average molecular weight is 930 g/mol. The maximum Gasteiger partial charge on any atom is 0.295 e. The predicted octanol–water partition coefficient (Wildman–Crippen LogP) is 9.11. The summed E-state index contributed by atoms with van der Waals surface area (Å²) in [5.74, 6) is 0.980. The van der Waals surface area contributed by atoms with E-state index in [1.807, 2.05) is 48.5 Å². The van der Waals surface area contributed by atoms with Crippen LogP contribution in [0.1, 0.15) is 74.6 Å². The van der Waals surface area contributed by atoms with Crippen molar-refractivity contribution in [1.29, 1.82) is 0 Å². The predicted molar refractivity (Wildman–Crippen MR) is 253 cm³/mol. The van der Waals surface area contributed by atoms with Crippen LogP contribution in [-0.2, 0) is 39.6 Å². The third kappa shape index (κ3) is 12.8. The van der Waals surface area contributed by atoms with Crippen LogP contribution in [0.15, 0.2) is 124 Å². The van der Waals surface area contributed by atoms with Gasteiger partial charge in [0.1, 0.15) is 15.5 Å². The molecule has 12 nitrogen and oxygen atoms in total. The minimum absolute atomic E-state index is 0.00661. The highest BCUT2D eigenvalue weighted by Gasteiger charge is 2.26. The van der Waals surface area contributed by atoms with Crippen molar-refractivity contribution in [1.82, 2.24) is 19.6 Å². The average Bonchev–Trinajstić information content (AvgIpc) is 3.55. The minimum atomic E-state index is -4.47. The molecule has 1 aromatic heterocycles. The molecule has 2 N–H and O–H groups in total. The lowest BCUT2D eigenvalue weighted by Crippen LogP contribution is -2.38. The molecule has 2 fully saturated rings. The van der Waals surface area contributed by atoms with Gasteiger partial charge in [-0.3, -0.25) is 18.8 Å². The topological polar surface area (TPSA) is 159 Å². The Balaban J connectivity index is 0.000000284. The largest absolute Gasteiger partial charge is 0.494 e. The van der Waals surface area contributed by atoms with E-state index in [1.165, 1.54) is 75.0 Å². The van der Waals surface area contributed by atoms with Gasteiger partial charge in [-0.2, -0.15) is 21.9 Å². The Morgan fingerprint density at radius 2 is 1.25 bits per heavy atom. The lowest BCUT2D eigenvalue weighted by molar-refractivity contribution is 0.221. The number of halogens is 1. The molecule has 5 aromatic carbocycles. The summed E-state index contributed by atoms with van der Waals surface area (Å²) >= 11 is 6.12. The minimum Gasteiger partial charge on any atom is -0.494 e. The summed E-state index contributed by atoms with van der Waals surface area (Å²) in [4.78, 5) is 17.9. The summed E-state index contributed by atoms with van der Waals surface area (Å²) in [6.07, 6.45) is 12.9. The molecule has 3 heterocycles. The Labute approximate surface area is 381 Å². The third-order valence-electron chi connectivity index (χ3n) is 12.2. The Morgan fingerprint density at radius 3 is 1.89 bits per heavy atom. The number of likely N-dealkylation sites (tertiary alicyclic amines) is 2. The molecule has 2 aliphatic heterocycles. The van der Waals surface area contributed by atoms with Crippen molar-refractivity contribution in [3.8, 4) is 5.75 Å². The number of aryl methyl sites for hydroxylation is 1. The monoisotopic (exact) mass is 928 g/mol. The van der Waals surface area contributed by atoms with E-state index in [0.29, 0.717) is 19.0 Å². The van der Waals surface area contributed by atoms with Crippen LogP contribution >= 0.6 is 11.6 Å². The smallest absolute Gasteiger partial charge is 0.295 e. The van der Waals surface area contributed by atoms with E-state index in [2.05, 4.69) is 34.1 Å². The molecule has 8 rings (SSSR count). The SMILES string of the molecule is O=S(=O)(O)c1cccc2c(S(=O)(=O)O)cccc12.O=c1c2ccccc2c(Cc2ccc(Cl)cc2)nn1CC1CCCN1CCCCc1ccc(OCCCN2CCCCCC2)cc1. The van der Waals surface area contributed by atoms with Gasteiger partial charge in [0.25, 0.3) is 25.8 Å². The normalized spacial score (nSPS) is 16.4. The number of rotatable bonds is 16. The Morgan fingerprint density at radius 1 is 0.641 bits per heavy atom. The molecule has 0 amide bonds. The zero-order valence-corrected chi connectivity index (χ0v) is 38.4. The molecule has 0 spiro atoms. The molecule has 15 heteroatoms. The maximum absolute atomic E-state index is 13.5. The fourth-order valence-electron chi connectivity index (χ4n) is 8.89. The zero-order chi connectivity index (χ0) is 45.1. The first kappa shape index (κ1) is 47.3. The van der Waals surface area contributed by atoms with Gasteiger partial charge in [0.2, 0.25) is 0 Å². The van der Waals surface area contributed by atoms with Crippen molar-refractivity contribution >= 4 is 53.4 Å². The highest BCUT2D eigenvalue weighted by molar-refractivity contribution is 7.86. The summed E-state index contributed by atoms with van der Waals surface area (Å²) in [6.45, 7) is 7.23. The Kier molecular flexibility index (Phi) is 16.3. The highest BCUT2D eigenvalue weighted by Crippen LogP contribution is 2.28. The van der Waals surface area contributed by atoms with Crippen LogP contribution in [-0.4, -0.2) is 90.9 Å². The van der Waals surface area contributed by atoms with Gasteiger partial charge < -0.3 is 9.64 Å². The second kappa shape index (κ2) is 22.0. The first-order valence-electron chi connectivity index (χ1n) is 22.2. The third-order valence-corrected chi connectivity index (χ3v) is 14.3. The molecule has 2 saturated heterocycles. The van der Waals surface area contributed by atoms with Gasteiger partial charge in [-0.1, -0.05) is 91.2 Å². The summed E-state index contributed by atoms with van der Waals surface area (Å²) in [5.41, 5.74) is 3.45. The highest BCUT2D eigenvalue weighted by atomic mass is 35.5. The van der Waals surface area contributed by atoms with E-state index in [-0.39, 0.29) is 16.3 Å². The second-order valence-electron chi connectivity index (χ2n) is 16.7. The molecule has 6 aromatic rings. The number of unbranched alkanes of at least 4 members (excludes halogenated alkanes) is 1. The molecule has 0 bridgehead atoms. The van der Waals surface area contributed by atoms with Gasteiger partial charge in [0.05, 0.1) is 24.2 Å². The van der Waals surface area contributed by atoms with Gasteiger partial charge in [-0.15, -0.1) is 0 Å². The van der Waals surface area contributed by atoms with Gasteiger partial charge in [-0.05, 0) is 131 Å². The second-order valence-corrected chi connectivity index (χ2v) is 19.9. The molecular weight excluding hydrogens is 872 g/mol. The van der Waals surface area contributed by atoms with Crippen molar-refractivity contribution in [3.05, 3.63) is 141 Å². The van der Waals surface area contributed by atoms with Crippen LogP contribution in [0.25, 0.3) is 21.5 Å². The molecule has 0 aliphatic carbocycles. The fraction of sp³-hybridized carbons (Fsp3) is 0.388. The Bertz CT molecular complexity index is 2710. The zero-order valence-electron chi connectivity index (χ0n) is 36.0. The number of ether oxygens (including phenoxy) is 1. The summed E-state index contributed by atoms with van der Waals surface area (Å²) in [5, 5.41) is 7.39. The van der Waals surface area contributed by atoms with Crippen molar-refractivity contribution in [2.75, 3.05) is 39.3 Å². The molecule has 340 valence electrons. The molecule has 1 unspecified atom stereocenters. The first-order valence-corrected chi connectivity index (χ1v) is 25.5. The number of hydrogen-bond acceptors (Lipinski definition) is 9. The molecule has 0 saturated carbocycles. The van der Waals surface area contributed by atoms with E-state index < -0.39 is 30.0 Å². The van der Waals surface area contributed by atoms with Gasteiger partial charge >= 0.3 is 0 Å². The van der Waals surface area contributed by atoms with Crippen LogP contribution < -0.4 is 10.3 Å². The summed E-state index contributed by atoms with van der Waals surface area (Å²) in [6, 6.07) is 32.3. The Hall–Kier alpha value is -4.67. The molecule has 64 heavy (non-hydrogen) atoms. The summed E-state index contributed by atoms with van der Waals surface area (Å²) < 4.78 is 70.5. The van der Waals surface area contributed by atoms with Crippen molar-refractivity contribution in [2.45, 2.75) is 93.0 Å². The molecule has 2 aliphatic rings. The standard InChI is InChI=1S/C39H49ClN4O2.C10H8O6S2/c40-33-19-15-32(16-20-33)29-38-36-13-3-4-14-37(36)39(45)44(41-38)30-34-12-9-27-43(34)26-8-5-11-31-17-21-35(22-18-31)46-28-10-25-42-23-6-1-2-7-24-42;11-17(12,13)9-5-1-3-7-8(9)4-2-6-10(7)18(14,15)16/h3-4,13-22,34H,1-2,5-12,23-30H2;1-6H,(H,11,12,13)(H,14,15,16). The molecular formula is C49H57ClN4O8S2.